The molecule has 0 aliphatic heterocycles. The Morgan fingerprint density at radius 1 is 1.25 bits per heavy atom. The summed E-state index contributed by atoms with van der Waals surface area (Å²) < 4.78 is 13.9. The van der Waals surface area contributed by atoms with Gasteiger partial charge in [0.15, 0.2) is 0 Å². The van der Waals surface area contributed by atoms with Crippen LogP contribution < -0.4 is 10.2 Å². The van der Waals surface area contributed by atoms with E-state index in [1.165, 1.54) is 6.07 Å². The number of halogens is 1. The van der Waals surface area contributed by atoms with Crippen LogP contribution in [0.4, 0.5) is 21.7 Å². The van der Waals surface area contributed by atoms with Gasteiger partial charge in [-0.1, -0.05) is 19.1 Å². The lowest BCUT2D eigenvalue weighted by atomic mass is 10.2. The first-order valence-corrected chi connectivity index (χ1v) is 6.62. The van der Waals surface area contributed by atoms with Crippen molar-refractivity contribution in [3.63, 3.8) is 0 Å². The molecule has 4 nitrogen and oxygen atoms in total. The molecule has 0 aliphatic rings. The predicted octanol–water partition coefficient (Wildman–Crippen LogP) is 3.30. The lowest BCUT2D eigenvalue weighted by Crippen LogP contribution is -2.17. The number of benzene rings is 1. The number of para-hydroxylation sites is 1. The van der Waals surface area contributed by atoms with Gasteiger partial charge >= 0.3 is 0 Å². The van der Waals surface area contributed by atoms with Crippen LogP contribution in [0.5, 0.6) is 0 Å². The van der Waals surface area contributed by atoms with Crippen molar-refractivity contribution >= 4 is 17.3 Å². The summed E-state index contributed by atoms with van der Waals surface area (Å²) in [5, 5.41) is 3.06. The van der Waals surface area contributed by atoms with Crippen molar-refractivity contribution < 1.29 is 4.39 Å². The minimum Gasteiger partial charge on any atom is -0.373 e. The smallest absolute Gasteiger partial charge is 0.146 e. The zero-order valence-electron chi connectivity index (χ0n) is 12.2. The number of aryl methyl sites for hydroxylation is 1. The Hall–Kier alpha value is -2.17. The number of nitrogens with zero attached hydrogens (tertiary/aromatic N) is 3. The lowest BCUT2D eigenvalue weighted by molar-refractivity contribution is 0.627. The zero-order chi connectivity index (χ0) is 14.7. The van der Waals surface area contributed by atoms with Crippen LogP contribution in [0.3, 0.4) is 0 Å². The van der Waals surface area contributed by atoms with Crippen molar-refractivity contribution in [2.45, 2.75) is 20.3 Å². The molecule has 0 aliphatic carbocycles. The van der Waals surface area contributed by atoms with Crippen LogP contribution in [0.1, 0.15) is 18.3 Å². The van der Waals surface area contributed by atoms with Gasteiger partial charge in [0.25, 0.3) is 0 Å². The van der Waals surface area contributed by atoms with Crippen molar-refractivity contribution in [1.29, 1.82) is 0 Å². The van der Waals surface area contributed by atoms with Crippen molar-refractivity contribution in [2.75, 3.05) is 24.3 Å². The van der Waals surface area contributed by atoms with Crippen molar-refractivity contribution in [3.8, 4) is 0 Å². The molecule has 0 saturated carbocycles. The van der Waals surface area contributed by atoms with Gasteiger partial charge in [-0.2, -0.15) is 0 Å². The third kappa shape index (κ3) is 2.57. The summed E-state index contributed by atoms with van der Waals surface area (Å²) in [6, 6.07) is 6.67. The molecule has 0 atom stereocenters. The molecule has 0 radical (unpaired) electrons. The van der Waals surface area contributed by atoms with Gasteiger partial charge in [0.2, 0.25) is 0 Å². The molecule has 0 spiro atoms. The van der Waals surface area contributed by atoms with Crippen molar-refractivity contribution in [3.05, 3.63) is 41.5 Å². The SMILES string of the molecule is CCc1nc(NC)c(C)c(N(C)c2ccccc2F)n1. The maximum absolute atomic E-state index is 13.9. The minimum absolute atomic E-state index is 0.267. The topological polar surface area (TPSA) is 41.1 Å². The van der Waals surface area contributed by atoms with Gasteiger partial charge in [0, 0.05) is 26.1 Å². The quantitative estimate of drug-likeness (QED) is 0.928. The van der Waals surface area contributed by atoms with E-state index in [1.807, 2.05) is 34.0 Å². The van der Waals surface area contributed by atoms with Crippen LogP contribution in [0.15, 0.2) is 24.3 Å². The summed E-state index contributed by atoms with van der Waals surface area (Å²) in [6.07, 6.45) is 0.729. The standard InChI is InChI=1S/C15H19FN4/c1-5-13-18-14(17-3)10(2)15(19-13)20(4)12-9-7-6-8-11(12)16/h6-9H,5H2,1-4H3,(H,17,18,19). The summed E-state index contributed by atoms with van der Waals surface area (Å²) in [4.78, 5) is 10.7. The fraction of sp³-hybridized carbons (Fsp3) is 0.333. The van der Waals surface area contributed by atoms with Crippen LogP contribution >= 0.6 is 0 Å². The average Bonchev–Trinajstić information content (AvgIpc) is 2.47. The molecule has 1 N–H and O–H groups in total. The number of rotatable bonds is 4. The van der Waals surface area contributed by atoms with E-state index < -0.39 is 0 Å². The predicted molar refractivity (Wildman–Crippen MR) is 80.2 cm³/mol. The van der Waals surface area contributed by atoms with Crippen LogP contribution in [0.2, 0.25) is 0 Å². The summed E-state index contributed by atoms with van der Waals surface area (Å²) in [7, 11) is 3.63. The second-order valence-electron chi connectivity index (χ2n) is 4.55. The summed E-state index contributed by atoms with van der Waals surface area (Å²) >= 11 is 0. The van der Waals surface area contributed by atoms with Crippen molar-refractivity contribution in [2.24, 2.45) is 0 Å². The molecule has 106 valence electrons. The monoisotopic (exact) mass is 274 g/mol. The second kappa shape index (κ2) is 5.86. The zero-order valence-corrected chi connectivity index (χ0v) is 12.2. The molecule has 0 bridgehead atoms. The van der Waals surface area contributed by atoms with E-state index in [2.05, 4.69) is 15.3 Å². The largest absolute Gasteiger partial charge is 0.373 e. The van der Waals surface area contributed by atoms with Gasteiger partial charge in [0.1, 0.15) is 23.3 Å². The molecule has 1 heterocycles. The number of hydrogen-bond donors (Lipinski definition) is 1. The molecule has 2 rings (SSSR count). The molecule has 0 saturated heterocycles. The van der Waals surface area contributed by atoms with E-state index >= 15 is 0 Å². The van der Waals surface area contributed by atoms with Gasteiger partial charge in [0.05, 0.1) is 5.69 Å². The Balaban J connectivity index is 2.54. The lowest BCUT2D eigenvalue weighted by Gasteiger charge is -2.22. The van der Waals surface area contributed by atoms with Gasteiger partial charge in [-0.3, -0.25) is 0 Å². The number of aromatic nitrogens is 2. The molecule has 20 heavy (non-hydrogen) atoms. The molecule has 5 heteroatoms. The van der Waals surface area contributed by atoms with E-state index in [-0.39, 0.29) is 5.82 Å². The third-order valence-corrected chi connectivity index (χ3v) is 3.25. The van der Waals surface area contributed by atoms with Crippen LogP contribution in [0, 0.1) is 12.7 Å². The summed E-state index contributed by atoms with van der Waals surface area (Å²) in [5.41, 5.74) is 1.40. The number of anilines is 3. The highest BCUT2D eigenvalue weighted by Gasteiger charge is 2.16. The highest BCUT2D eigenvalue weighted by atomic mass is 19.1. The molecular weight excluding hydrogens is 255 g/mol. The first kappa shape index (κ1) is 14.2. The molecule has 2 aromatic rings. The molecule has 0 unspecified atom stereocenters. The maximum atomic E-state index is 13.9. The van der Waals surface area contributed by atoms with Gasteiger partial charge < -0.3 is 10.2 Å². The Morgan fingerprint density at radius 2 is 1.95 bits per heavy atom. The first-order valence-electron chi connectivity index (χ1n) is 6.62. The Bertz CT molecular complexity index is 613. The summed E-state index contributed by atoms with van der Waals surface area (Å²) in [6.45, 7) is 3.93. The maximum Gasteiger partial charge on any atom is 0.146 e. The first-order chi connectivity index (χ1) is 9.58. The van der Waals surface area contributed by atoms with Crippen LogP contribution in [0.25, 0.3) is 0 Å². The summed E-state index contributed by atoms with van der Waals surface area (Å²) in [5.74, 6) is 1.96. The van der Waals surface area contributed by atoms with Gasteiger partial charge in [-0.25, -0.2) is 14.4 Å². The molecule has 0 fully saturated rings. The normalized spacial score (nSPS) is 10.4. The Morgan fingerprint density at radius 3 is 2.55 bits per heavy atom. The fourth-order valence-electron chi connectivity index (χ4n) is 2.12. The third-order valence-electron chi connectivity index (χ3n) is 3.25. The van der Waals surface area contributed by atoms with Gasteiger partial charge in [-0.15, -0.1) is 0 Å². The van der Waals surface area contributed by atoms with E-state index in [1.54, 1.807) is 17.0 Å². The second-order valence-corrected chi connectivity index (χ2v) is 4.55. The molecule has 0 amide bonds. The van der Waals surface area contributed by atoms with E-state index in [0.717, 1.165) is 23.6 Å². The highest BCUT2D eigenvalue weighted by molar-refractivity contribution is 5.67. The number of hydrogen-bond acceptors (Lipinski definition) is 4. The Kier molecular flexibility index (Phi) is 4.17. The van der Waals surface area contributed by atoms with Crippen LogP contribution in [-0.4, -0.2) is 24.1 Å². The Labute approximate surface area is 118 Å². The number of nitrogens with one attached hydrogen (secondary N) is 1. The van der Waals surface area contributed by atoms with Gasteiger partial charge in [-0.05, 0) is 19.1 Å². The molecule has 1 aromatic carbocycles. The van der Waals surface area contributed by atoms with Crippen molar-refractivity contribution in [1.82, 2.24) is 9.97 Å². The fourth-order valence-corrected chi connectivity index (χ4v) is 2.12. The van der Waals surface area contributed by atoms with E-state index in [4.69, 9.17) is 0 Å². The average molecular weight is 274 g/mol. The molecular formula is C15H19FN4. The van der Waals surface area contributed by atoms with Crippen LogP contribution in [-0.2, 0) is 6.42 Å². The van der Waals surface area contributed by atoms with E-state index in [9.17, 15) is 4.39 Å². The van der Waals surface area contributed by atoms with E-state index in [0.29, 0.717) is 11.5 Å². The minimum atomic E-state index is -0.267. The molecule has 1 aromatic heterocycles. The highest BCUT2D eigenvalue weighted by Crippen LogP contribution is 2.29.